The molecule has 0 aliphatic carbocycles. The Morgan fingerprint density at radius 3 is 2.79 bits per heavy atom. The van der Waals surface area contributed by atoms with Crippen molar-refractivity contribution in [3.8, 4) is 0 Å². The van der Waals surface area contributed by atoms with Crippen molar-refractivity contribution >= 4 is 17.8 Å². The SMILES string of the molecule is CCC1(C(=O)O)CCCN(C(=O)[C@H]2CCC(=O)N2)C1. The van der Waals surface area contributed by atoms with Gasteiger partial charge < -0.3 is 15.3 Å². The molecule has 0 bridgehead atoms. The van der Waals surface area contributed by atoms with Gasteiger partial charge in [-0.15, -0.1) is 0 Å². The standard InChI is InChI=1S/C13H20N2O4/c1-2-13(12(18)19)6-3-7-15(8-13)11(17)9-4-5-10(16)14-9/h9H,2-8H2,1H3,(H,14,16)(H,18,19)/t9-,13?/m1/s1. The molecule has 106 valence electrons. The predicted molar refractivity (Wildman–Crippen MR) is 67.3 cm³/mol. The number of aliphatic carboxylic acids is 1. The van der Waals surface area contributed by atoms with Crippen molar-refractivity contribution < 1.29 is 19.5 Å². The van der Waals surface area contributed by atoms with Crippen LogP contribution in [0, 0.1) is 5.41 Å². The van der Waals surface area contributed by atoms with Gasteiger partial charge in [0.1, 0.15) is 6.04 Å². The highest BCUT2D eigenvalue weighted by atomic mass is 16.4. The summed E-state index contributed by atoms with van der Waals surface area (Å²) in [5, 5.41) is 12.0. The first-order valence-electron chi connectivity index (χ1n) is 6.80. The summed E-state index contributed by atoms with van der Waals surface area (Å²) in [5.74, 6) is -1.07. The fourth-order valence-corrected chi connectivity index (χ4v) is 2.95. The summed E-state index contributed by atoms with van der Waals surface area (Å²) in [7, 11) is 0. The van der Waals surface area contributed by atoms with Crippen molar-refractivity contribution in [3.05, 3.63) is 0 Å². The molecule has 6 heteroatoms. The summed E-state index contributed by atoms with van der Waals surface area (Å²) >= 11 is 0. The molecule has 19 heavy (non-hydrogen) atoms. The summed E-state index contributed by atoms with van der Waals surface area (Å²) in [6.45, 7) is 2.68. The number of rotatable bonds is 3. The number of likely N-dealkylation sites (tertiary alicyclic amines) is 1. The maximum atomic E-state index is 12.3. The molecule has 2 saturated heterocycles. The van der Waals surface area contributed by atoms with E-state index in [1.807, 2.05) is 6.92 Å². The summed E-state index contributed by atoms with van der Waals surface area (Å²) in [5.41, 5.74) is -0.823. The van der Waals surface area contributed by atoms with Crippen LogP contribution in [0.25, 0.3) is 0 Å². The van der Waals surface area contributed by atoms with Crippen molar-refractivity contribution in [2.45, 2.75) is 45.1 Å². The van der Waals surface area contributed by atoms with Crippen molar-refractivity contribution in [2.75, 3.05) is 13.1 Å². The number of amides is 2. The molecule has 0 saturated carbocycles. The number of piperidine rings is 1. The van der Waals surface area contributed by atoms with E-state index in [-0.39, 0.29) is 18.4 Å². The Kier molecular flexibility index (Phi) is 3.78. The first kappa shape index (κ1) is 13.8. The first-order valence-corrected chi connectivity index (χ1v) is 6.80. The number of nitrogens with zero attached hydrogens (tertiary/aromatic N) is 1. The van der Waals surface area contributed by atoms with Gasteiger partial charge in [0.05, 0.1) is 5.41 Å². The van der Waals surface area contributed by atoms with Gasteiger partial charge >= 0.3 is 5.97 Å². The molecule has 0 aromatic heterocycles. The van der Waals surface area contributed by atoms with E-state index >= 15 is 0 Å². The Balaban J connectivity index is 2.06. The predicted octanol–water partition coefficient (Wildman–Crippen LogP) is 0.368. The van der Waals surface area contributed by atoms with Crippen LogP contribution in [0.5, 0.6) is 0 Å². The zero-order valence-electron chi connectivity index (χ0n) is 11.1. The maximum Gasteiger partial charge on any atom is 0.311 e. The number of carboxylic acids is 1. The van der Waals surface area contributed by atoms with Crippen LogP contribution in [-0.4, -0.2) is 46.9 Å². The lowest BCUT2D eigenvalue weighted by Gasteiger charge is -2.40. The largest absolute Gasteiger partial charge is 0.481 e. The molecule has 2 N–H and O–H groups in total. The Hall–Kier alpha value is -1.59. The summed E-state index contributed by atoms with van der Waals surface area (Å²) in [4.78, 5) is 36.5. The number of carbonyl (C=O) groups is 3. The highest BCUT2D eigenvalue weighted by Gasteiger charge is 2.43. The zero-order valence-corrected chi connectivity index (χ0v) is 11.1. The monoisotopic (exact) mass is 268 g/mol. The van der Waals surface area contributed by atoms with E-state index in [1.54, 1.807) is 4.90 Å². The molecular formula is C13H20N2O4. The average Bonchev–Trinajstić information content (AvgIpc) is 2.84. The van der Waals surface area contributed by atoms with Crippen molar-refractivity contribution in [3.63, 3.8) is 0 Å². The number of nitrogens with one attached hydrogen (secondary N) is 1. The van der Waals surface area contributed by atoms with Crippen molar-refractivity contribution in [1.29, 1.82) is 0 Å². The molecule has 2 heterocycles. The van der Waals surface area contributed by atoms with Gasteiger partial charge in [-0.05, 0) is 25.7 Å². The lowest BCUT2D eigenvalue weighted by Crippen LogP contribution is -2.53. The molecule has 2 fully saturated rings. The van der Waals surface area contributed by atoms with E-state index in [9.17, 15) is 19.5 Å². The first-order chi connectivity index (χ1) is 8.98. The van der Waals surface area contributed by atoms with E-state index in [4.69, 9.17) is 0 Å². The van der Waals surface area contributed by atoms with E-state index in [2.05, 4.69) is 5.32 Å². The van der Waals surface area contributed by atoms with Crippen molar-refractivity contribution in [1.82, 2.24) is 10.2 Å². The third-order valence-electron chi connectivity index (χ3n) is 4.31. The molecule has 2 atom stereocenters. The van der Waals surface area contributed by atoms with Gasteiger partial charge in [-0.1, -0.05) is 6.92 Å². The highest BCUT2D eigenvalue weighted by molar-refractivity contribution is 5.91. The number of carboxylic acid groups (broad SMARTS) is 1. The van der Waals surface area contributed by atoms with Gasteiger partial charge in [0.25, 0.3) is 0 Å². The Morgan fingerprint density at radius 2 is 2.26 bits per heavy atom. The fourth-order valence-electron chi connectivity index (χ4n) is 2.95. The molecule has 6 nitrogen and oxygen atoms in total. The van der Waals surface area contributed by atoms with Crippen LogP contribution in [0.1, 0.15) is 39.0 Å². The smallest absolute Gasteiger partial charge is 0.311 e. The molecule has 2 amide bonds. The summed E-state index contributed by atoms with van der Waals surface area (Å²) in [6, 6.07) is -0.464. The van der Waals surface area contributed by atoms with Crippen LogP contribution in [0.3, 0.4) is 0 Å². The fraction of sp³-hybridized carbons (Fsp3) is 0.769. The van der Waals surface area contributed by atoms with E-state index in [0.717, 1.165) is 0 Å². The summed E-state index contributed by atoms with van der Waals surface area (Å²) < 4.78 is 0. The second kappa shape index (κ2) is 5.19. The molecule has 0 aromatic rings. The maximum absolute atomic E-state index is 12.3. The van der Waals surface area contributed by atoms with Gasteiger partial charge in [-0.2, -0.15) is 0 Å². The second-order valence-corrected chi connectivity index (χ2v) is 5.46. The minimum Gasteiger partial charge on any atom is -0.481 e. The topological polar surface area (TPSA) is 86.7 Å². The molecule has 2 rings (SSSR count). The number of hydrogen-bond acceptors (Lipinski definition) is 3. The highest BCUT2D eigenvalue weighted by Crippen LogP contribution is 2.34. The van der Waals surface area contributed by atoms with E-state index in [0.29, 0.717) is 38.6 Å². The van der Waals surface area contributed by atoms with Crippen LogP contribution in [0.15, 0.2) is 0 Å². The lowest BCUT2D eigenvalue weighted by atomic mass is 9.77. The van der Waals surface area contributed by atoms with Gasteiger partial charge in [0.15, 0.2) is 0 Å². The molecule has 0 aromatic carbocycles. The van der Waals surface area contributed by atoms with Gasteiger partial charge in [0, 0.05) is 19.5 Å². The molecule has 0 radical (unpaired) electrons. The number of carbonyl (C=O) groups excluding carboxylic acids is 2. The average molecular weight is 268 g/mol. The van der Waals surface area contributed by atoms with E-state index < -0.39 is 17.4 Å². The van der Waals surface area contributed by atoms with Crippen molar-refractivity contribution in [2.24, 2.45) is 5.41 Å². The Bertz CT molecular complexity index is 409. The van der Waals surface area contributed by atoms with Crippen LogP contribution in [0.2, 0.25) is 0 Å². The van der Waals surface area contributed by atoms with Crippen LogP contribution in [0.4, 0.5) is 0 Å². The Morgan fingerprint density at radius 1 is 1.53 bits per heavy atom. The third-order valence-corrected chi connectivity index (χ3v) is 4.31. The molecular weight excluding hydrogens is 248 g/mol. The minimum absolute atomic E-state index is 0.102. The van der Waals surface area contributed by atoms with Gasteiger partial charge in [-0.3, -0.25) is 14.4 Å². The van der Waals surface area contributed by atoms with Crippen LogP contribution in [-0.2, 0) is 14.4 Å². The molecule has 0 spiro atoms. The minimum atomic E-state index is -0.831. The normalized spacial score (nSPS) is 31.1. The van der Waals surface area contributed by atoms with Crippen LogP contribution >= 0.6 is 0 Å². The second-order valence-electron chi connectivity index (χ2n) is 5.46. The number of hydrogen-bond donors (Lipinski definition) is 2. The van der Waals surface area contributed by atoms with E-state index in [1.165, 1.54) is 0 Å². The quantitative estimate of drug-likeness (QED) is 0.774. The zero-order chi connectivity index (χ0) is 14.0. The van der Waals surface area contributed by atoms with Crippen LogP contribution < -0.4 is 5.32 Å². The summed E-state index contributed by atoms with van der Waals surface area (Å²) in [6.07, 6.45) is 2.72. The Labute approximate surface area is 112 Å². The van der Waals surface area contributed by atoms with Gasteiger partial charge in [0.2, 0.25) is 11.8 Å². The molecule has 2 aliphatic heterocycles. The molecule has 1 unspecified atom stereocenters. The third kappa shape index (κ3) is 2.57. The van der Waals surface area contributed by atoms with Gasteiger partial charge in [-0.25, -0.2) is 0 Å². The lowest BCUT2D eigenvalue weighted by molar-refractivity contribution is -0.155. The molecule has 2 aliphatic rings.